The van der Waals surface area contributed by atoms with Crippen LogP contribution in [0.4, 0.5) is 0 Å². The molecule has 1 fully saturated rings. The van der Waals surface area contributed by atoms with Crippen molar-refractivity contribution in [2.24, 2.45) is 0 Å². The Balaban J connectivity index is 2.16. The molecule has 0 radical (unpaired) electrons. The molecule has 2 aromatic rings. The summed E-state index contributed by atoms with van der Waals surface area (Å²) in [5, 5.41) is 4.69. The summed E-state index contributed by atoms with van der Waals surface area (Å²) in [6.45, 7) is 1.09. The fourth-order valence-corrected chi connectivity index (χ4v) is 2.73. The van der Waals surface area contributed by atoms with Gasteiger partial charge < -0.3 is 19.8 Å². The van der Waals surface area contributed by atoms with Gasteiger partial charge in [-0.2, -0.15) is 0 Å². The smallest absolute Gasteiger partial charge is 0.132 e. The predicted molar refractivity (Wildman–Crippen MR) is 71.4 cm³/mol. The summed E-state index contributed by atoms with van der Waals surface area (Å²) in [7, 11) is 3.37. The molecule has 2 N–H and O–H groups in total. The van der Waals surface area contributed by atoms with Gasteiger partial charge in [-0.05, 0) is 24.9 Å². The van der Waals surface area contributed by atoms with Gasteiger partial charge in [0.2, 0.25) is 0 Å². The third kappa shape index (κ3) is 1.73. The zero-order chi connectivity index (χ0) is 12.5. The molecule has 0 aliphatic carbocycles. The maximum Gasteiger partial charge on any atom is 0.132 e. The van der Waals surface area contributed by atoms with Gasteiger partial charge in [-0.25, -0.2) is 0 Å². The first-order valence-corrected chi connectivity index (χ1v) is 6.30. The van der Waals surface area contributed by atoms with E-state index in [0.717, 1.165) is 28.9 Å². The van der Waals surface area contributed by atoms with Crippen molar-refractivity contribution in [2.75, 3.05) is 20.8 Å². The molecule has 3 rings (SSSR count). The number of ether oxygens (including phenoxy) is 2. The number of rotatable bonds is 3. The molecule has 4 nitrogen and oxygen atoms in total. The number of hydrogen-bond acceptors (Lipinski definition) is 3. The lowest BCUT2D eigenvalue weighted by Crippen LogP contribution is -2.12. The zero-order valence-corrected chi connectivity index (χ0v) is 10.7. The van der Waals surface area contributed by atoms with Crippen LogP contribution in [0.25, 0.3) is 10.9 Å². The normalized spacial score (nSPS) is 19.3. The van der Waals surface area contributed by atoms with Crippen molar-refractivity contribution in [2.45, 2.75) is 18.9 Å². The van der Waals surface area contributed by atoms with Crippen LogP contribution in [-0.4, -0.2) is 25.7 Å². The molecule has 1 aliphatic heterocycles. The Morgan fingerprint density at radius 1 is 1.22 bits per heavy atom. The Bertz CT molecular complexity index is 556. The largest absolute Gasteiger partial charge is 0.497 e. The average molecular weight is 246 g/mol. The van der Waals surface area contributed by atoms with E-state index >= 15 is 0 Å². The lowest BCUT2D eigenvalue weighted by Gasteiger charge is -2.12. The van der Waals surface area contributed by atoms with E-state index < -0.39 is 0 Å². The first-order chi connectivity index (χ1) is 8.83. The molecule has 96 valence electrons. The summed E-state index contributed by atoms with van der Waals surface area (Å²) in [5.41, 5.74) is 2.36. The van der Waals surface area contributed by atoms with Gasteiger partial charge in [-0.1, -0.05) is 0 Å². The first-order valence-electron chi connectivity index (χ1n) is 6.30. The highest BCUT2D eigenvalue weighted by atomic mass is 16.5. The summed E-state index contributed by atoms with van der Waals surface area (Å²) in [6.07, 6.45) is 4.49. The molecular formula is C14H18N2O2. The molecule has 0 bridgehead atoms. The monoisotopic (exact) mass is 246 g/mol. The van der Waals surface area contributed by atoms with Crippen molar-refractivity contribution >= 4 is 10.9 Å². The minimum atomic E-state index is 0.432. The number of H-pyrrole nitrogens is 1. The van der Waals surface area contributed by atoms with E-state index in [1.54, 1.807) is 14.2 Å². The number of nitrogens with one attached hydrogen (secondary N) is 2. The number of methoxy groups -OCH3 is 2. The number of hydrogen-bond donors (Lipinski definition) is 2. The third-order valence-electron chi connectivity index (χ3n) is 3.64. The van der Waals surface area contributed by atoms with E-state index in [4.69, 9.17) is 9.47 Å². The van der Waals surface area contributed by atoms with Gasteiger partial charge in [-0.15, -0.1) is 0 Å². The topological polar surface area (TPSA) is 46.3 Å². The van der Waals surface area contributed by atoms with E-state index in [0.29, 0.717) is 6.04 Å². The Morgan fingerprint density at radius 3 is 2.78 bits per heavy atom. The molecule has 1 aromatic heterocycles. The van der Waals surface area contributed by atoms with Crippen molar-refractivity contribution in [1.29, 1.82) is 0 Å². The van der Waals surface area contributed by atoms with Gasteiger partial charge in [0.05, 0.1) is 19.7 Å². The van der Waals surface area contributed by atoms with Crippen LogP contribution in [-0.2, 0) is 0 Å². The fraction of sp³-hybridized carbons (Fsp3) is 0.429. The van der Waals surface area contributed by atoms with Gasteiger partial charge in [0.15, 0.2) is 0 Å². The van der Waals surface area contributed by atoms with Crippen LogP contribution in [0.2, 0.25) is 0 Å². The summed E-state index contributed by atoms with van der Waals surface area (Å²) in [5.74, 6) is 1.68. The van der Waals surface area contributed by atoms with E-state index in [9.17, 15) is 0 Å². The minimum absolute atomic E-state index is 0.432. The van der Waals surface area contributed by atoms with Crippen LogP contribution in [0.15, 0.2) is 18.3 Å². The van der Waals surface area contributed by atoms with Crippen LogP contribution >= 0.6 is 0 Å². The van der Waals surface area contributed by atoms with Crippen LogP contribution in [0.5, 0.6) is 11.5 Å². The van der Waals surface area contributed by atoms with Crippen LogP contribution in [0.1, 0.15) is 24.4 Å². The molecule has 1 atom stereocenters. The van der Waals surface area contributed by atoms with Crippen molar-refractivity contribution in [3.05, 3.63) is 23.9 Å². The first kappa shape index (κ1) is 11.4. The molecule has 1 unspecified atom stereocenters. The zero-order valence-electron chi connectivity index (χ0n) is 10.7. The summed E-state index contributed by atoms with van der Waals surface area (Å²) >= 11 is 0. The Labute approximate surface area is 106 Å². The molecule has 2 heterocycles. The van der Waals surface area contributed by atoms with Crippen LogP contribution in [0, 0.1) is 0 Å². The second-order valence-electron chi connectivity index (χ2n) is 4.65. The number of aromatic amines is 1. The summed E-state index contributed by atoms with van der Waals surface area (Å²) in [4.78, 5) is 3.31. The molecule has 1 aliphatic rings. The lowest BCUT2D eigenvalue weighted by molar-refractivity contribution is 0.397. The van der Waals surface area contributed by atoms with Crippen molar-refractivity contribution in [3.63, 3.8) is 0 Å². The van der Waals surface area contributed by atoms with E-state index in [1.165, 1.54) is 18.4 Å². The maximum absolute atomic E-state index is 5.50. The third-order valence-corrected chi connectivity index (χ3v) is 3.64. The fourth-order valence-electron chi connectivity index (χ4n) is 2.73. The Morgan fingerprint density at radius 2 is 2.11 bits per heavy atom. The molecule has 1 aromatic carbocycles. The van der Waals surface area contributed by atoms with Gasteiger partial charge in [-0.3, -0.25) is 0 Å². The standard InChI is InChI=1S/C14H18N2O2/c1-17-9-6-12-14(13(7-9)18-2)10(8-16-12)11-4-3-5-15-11/h6-8,11,15-16H,3-5H2,1-2H3. The van der Waals surface area contributed by atoms with E-state index in [-0.39, 0.29) is 0 Å². The highest BCUT2D eigenvalue weighted by Crippen LogP contribution is 2.37. The van der Waals surface area contributed by atoms with E-state index in [1.807, 2.05) is 12.1 Å². The number of benzene rings is 1. The second-order valence-corrected chi connectivity index (χ2v) is 4.65. The molecular weight excluding hydrogens is 228 g/mol. The SMILES string of the molecule is COc1cc(OC)c2c(C3CCCN3)c[nH]c2c1. The van der Waals surface area contributed by atoms with Crippen LogP contribution < -0.4 is 14.8 Å². The highest BCUT2D eigenvalue weighted by Gasteiger charge is 2.21. The molecule has 1 saturated heterocycles. The van der Waals surface area contributed by atoms with Gasteiger partial charge in [0.25, 0.3) is 0 Å². The summed E-state index contributed by atoms with van der Waals surface area (Å²) in [6, 6.07) is 4.38. The second kappa shape index (κ2) is 4.53. The highest BCUT2D eigenvalue weighted by molar-refractivity contribution is 5.91. The summed E-state index contributed by atoms with van der Waals surface area (Å²) < 4.78 is 10.8. The van der Waals surface area contributed by atoms with Crippen molar-refractivity contribution < 1.29 is 9.47 Å². The van der Waals surface area contributed by atoms with Crippen molar-refractivity contribution in [3.8, 4) is 11.5 Å². The predicted octanol–water partition coefficient (Wildman–Crippen LogP) is 2.61. The number of fused-ring (bicyclic) bond motifs is 1. The Kier molecular flexibility index (Phi) is 2.88. The van der Waals surface area contributed by atoms with Gasteiger partial charge in [0.1, 0.15) is 11.5 Å². The van der Waals surface area contributed by atoms with Crippen molar-refractivity contribution in [1.82, 2.24) is 10.3 Å². The molecule has 0 amide bonds. The molecule has 18 heavy (non-hydrogen) atoms. The quantitative estimate of drug-likeness (QED) is 0.875. The average Bonchev–Trinajstić information content (AvgIpc) is 3.05. The molecule has 0 spiro atoms. The lowest BCUT2D eigenvalue weighted by atomic mass is 10.0. The van der Waals surface area contributed by atoms with Crippen LogP contribution in [0.3, 0.4) is 0 Å². The Hall–Kier alpha value is -1.68. The van der Waals surface area contributed by atoms with Gasteiger partial charge in [0, 0.05) is 29.8 Å². The van der Waals surface area contributed by atoms with Gasteiger partial charge >= 0.3 is 0 Å². The molecule has 4 heteroatoms. The van der Waals surface area contributed by atoms with E-state index in [2.05, 4.69) is 16.5 Å². The number of aromatic nitrogens is 1. The minimum Gasteiger partial charge on any atom is -0.497 e. The molecule has 0 saturated carbocycles. The maximum atomic E-state index is 5.50.